The van der Waals surface area contributed by atoms with E-state index < -0.39 is 85.7 Å². The largest absolute Gasteiger partial charge is 0.463 e. The predicted octanol–water partition coefficient (Wildman–Crippen LogP) is 0.117. The zero-order valence-corrected chi connectivity index (χ0v) is 24.5. The van der Waals surface area contributed by atoms with Crippen LogP contribution in [0, 0.1) is 0 Å². The smallest absolute Gasteiger partial charge is 0.306 e. The van der Waals surface area contributed by atoms with Crippen molar-refractivity contribution in [3.63, 3.8) is 0 Å². The van der Waals surface area contributed by atoms with Crippen molar-refractivity contribution in [1.82, 2.24) is 0 Å². The number of aliphatic hydroxyl groups is 3. The van der Waals surface area contributed by atoms with Crippen molar-refractivity contribution in [2.24, 2.45) is 0 Å². The molecule has 0 saturated carbocycles. The third-order valence-corrected chi connectivity index (χ3v) is 7.20. The van der Waals surface area contributed by atoms with E-state index in [-0.39, 0.29) is 31.8 Å². The number of esters is 2. The minimum atomic E-state index is -1.63. The third-order valence-electron chi connectivity index (χ3n) is 7.20. The second-order valence-corrected chi connectivity index (χ2v) is 11.2. The first-order valence-electron chi connectivity index (χ1n) is 14.2. The van der Waals surface area contributed by atoms with Crippen LogP contribution >= 0.6 is 0 Å². The molecule has 0 amide bonds. The van der Waals surface area contributed by atoms with Gasteiger partial charge in [0.25, 0.3) is 0 Å². The van der Waals surface area contributed by atoms with Gasteiger partial charge in [-0.3, -0.25) is 9.59 Å². The van der Waals surface area contributed by atoms with E-state index in [4.69, 9.17) is 37.9 Å². The Morgan fingerprint density at radius 2 is 1.56 bits per heavy atom. The van der Waals surface area contributed by atoms with Gasteiger partial charge in [0.05, 0.1) is 19.6 Å². The summed E-state index contributed by atoms with van der Waals surface area (Å²) in [4.78, 5) is 35.8. The molecule has 0 unspecified atom stereocenters. The second kappa shape index (κ2) is 14.5. The van der Waals surface area contributed by atoms with Crippen molar-refractivity contribution >= 4 is 17.7 Å². The van der Waals surface area contributed by atoms with E-state index in [9.17, 15) is 29.7 Å². The molecule has 0 bridgehead atoms. The molecular weight excluding hydrogens is 572 g/mol. The maximum Gasteiger partial charge on any atom is 0.306 e. The summed E-state index contributed by atoms with van der Waals surface area (Å²) in [5, 5.41) is 32.1. The molecule has 10 atom stereocenters. The van der Waals surface area contributed by atoms with Gasteiger partial charge in [-0.15, -0.1) is 0 Å². The lowest BCUT2D eigenvalue weighted by molar-refractivity contribution is -0.355. The minimum Gasteiger partial charge on any atom is -0.463 e. The fourth-order valence-electron chi connectivity index (χ4n) is 5.16. The van der Waals surface area contributed by atoms with Gasteiger partial charge in [-0.1, -0.05) is 30.3 Å². The van der Waals surface area contributed by atoms with Crippen LogP contribution in [0.3, 0.4) is 0 Å². The van der Waals surface area contributed by atoms with Gasteiger partial charge in [0.1, 0.15) is 55.1 Å². The fourth-order valence-corrected chi connectivity index (χ4v) is 5.16. The van der Waals surface area contributed by atoms with E-state index in [2.05, 4.69) is 0 Å². The Hall–Kier alpha value is -2.53. The van der Waals surface area contributed by atoms with Crippen LogP contribution in [0.25, 0.3) is 0 Å². The summed E-state index contributed by atoms with van der Waals surface area (Å²) in [6.45, 7) is 5.03. The number of carbonyl (C=O) groups is 3. The van der Waals surface area contributed by atoms with E-state index in [1.54, 1.807) is 13.8 Å². The lowest BCUT2D eigenvalue weighted by Gasteiger charge is -2.46. The van der Waals surface area contributed by atoms with Gasteiger partial charge in [-0.25, -0.2) is 0 Å². The first-order valence-corrected chi connectivity index (χ1v) is 14.2. The highest BCUT2D eigenvalue weighted by molar-refractivity contribution is 5.81. The monoisotopic (exact) mass is 612 g/mol. The highest BCUT2D eigenvalue weighted by atomic mass is 16.8. The average Bonchev–Trinajstić information content (AvgIpc) is 3.29. The summed E-state index contributed by atoms with van der Waals surface area (Å²) in [5.74, 6) is -2.67. The van der Waals surface area contributed by atoms with Crippen molar-refractivity contribution in [3.05, 3.63) is 35.9 Å². The number of fused-ring (bicyclic) bond motifs is 1. The first kappa shape index (κ1) is 33.4. The SMILES string of the molecule is CC(=O)CCC(=O)O[C@H]1[C@H](O[C@H]2[C@H](O)[C@@H](O)[C@H](OCc3ccccc3)O[C@@H]2CO)O[C@H](COC(C)=O)[C@@H]2OC(C)(C)O[C@@H]21. The Morgan fingerprint density at radius 3 is 2.21 bits per heavy atom. The van der Waals surface area contributed by atoms with E-state index in [1.807, 2.05) is 30.3 Å². The molecule has 0 radical (unpaired) electrons. The summed E-state index contributed by atoms with van der Waals surface area (Å²) in [5.41, 5.74) is 0.798. The van der Waals surface area contributed by atoms with Gasteiger partial charge in [0.2, 0.25) is 0 Å². The molecule has 1 aromatic carbocycles. The minimum absolute atomic E-state index is 0.0533. The number of Topliss-reactive ketones (excluding diaryl/α,β-unsaturated/α-hetero) is 1. The molecule has 0 aliphatic carbocycles. The third kappa shape index (κ3) is 8.56. The fraction of sp³-hybridized carbons (Fsp3) is 0.690. The Labute approximate surface area is 249 Å². The number of aliphatic hydroxyl groups excluding tert-OH is 3. The van der Waals surface area contributed by atoms with E-state index >= 15 is 0 Å². The number of ether oxygens (including phenoxy) is 8. The van der Waals surface area contributed by atoms with Crippen LogP contribution in [0.15, 0.2) is 30.3 Å². The average molecular weight is 613 g/mol. The predicted molar refractivity (Wildman–Crippen MR) is 143 cm³/mol. The van der Waals surface area contributed by atoms with Crippen molar-refractivity contribution in [3.8, 4) is 0 Å². The quantitative estimate of drug-likeness (QED) is 0.270. The molecule has 1 aromatic rings. The van der Waals surface area contributed by atoms with E-state index in [1.165, 1.54) is 13.8 Å². The molecule has 0 spiro atoms. The lowest BCUT2D eigenvalue weighted by atomic mass is 9.96. The van der Waals surface area contributed by atoms with Crippen LogP contribution in [0.4, 0.5) is 0 Å². The Balaban J connectivity index is 1.55. The number of hydrogen-bond acceptors (Lipinski definition) is 14. The van der Waals surface area contributed by atoms with Crippen molar-refractivity contribution < 1.29 is 67.6 Å². The van der Waals surface area contributed by atoms with Crippen LogP contribution in [0.2, 0.25) is 0 Å². The lowest BCUT2D eigenvalue weighted by Crippen LogP contribution is -2.65. The van der Waals surface area contributed by atoms with Crippen LogP contribution in [0.1, 0.15) is 46.1 Å². The first-order chi connectivity index (χ1) is 20.4. The summed E-state index contributed by atoms with van der Waals surface area (Å²) in [6, 6.07) is 9.11. The second-order valence-electron chi connectivity index (χ2n) is 11.2. The highest BCUT2D eigenvalue weighted by Gasteiger charge is 2.59. The summed E-state index contributed by atoms with van der Waals surface area (Å²) in [6.07, 6.45) is -12.9. The van der Waals surface area contributed by atoms with Crippen LogP contribution in [-0.4, -0.2) is 113 Å². The molecule has 3 fully saturated rings. The number of carbonyl (C=O) groups excluding carboxylic acids is 3. The maximum atomic E-state index is 12.7. The van der Waals surface area contributed by atoms with Gasteiger partial charge in [-0.2, -0.15) is 0 Å². The zero-order valence-electron chi connectivity index (χ0n) is 24.5. The molecule has 43 heavy (non-hydrogen) atoms. The van der Waals surface area contributed by atoms with Crippen LogP contribution in [-0.2, 0) is 58.9 Å². The Bertz CT molecular complexity index is 1090. The molecule has 14 nitrogen and oxygen atoms in total. The molecule has 3 aliphatic heterocycles. The van der Waals surface area contributed by atoms with Crippen LogP contribution < -0.4 is 0 Å². The number of ketones is 1. The van der Waals surface area contributed by atoms with Gasteiger partial charge in [0.15, 0.2) is 24.5 Å². The number of hydrogen-bond donors (Lipinski definition) is 3. The van der Waals surface area contributed by atoms with Gasteiger partial charge in [0, 0.05) is 13.3 Å². The van der Waals surface area contributed by atoms with Crippen molar-refractivity contribution in [2.75, 3.05) is 13.2 Å². The molecular formula is C29H40O14. The molecule has 3 heterocycles. The van der Waals surface area contributed by atoms with Crippen molar-refractivity contribution in [1.29, 1.82) is 0 Å². The molecule has 3 aliphatic rings. The van der Waals surface area contributed by atoms with Gasteiger partial charge < -0.3 is 58.0 Å². The van der Waals surface area contributed by atoms with E-state index in [0.29, 0.717) is 0 Å². The summed E-state index contributed by atoms with van der Waals surface area (Å²) < 4.78 is 46.5. The van der Waals surface area contributed by atoms with Gasteiger partial charge in [-0.05, 0) is 26.3 Å². The van der Waals surface area contributed by atoms with Gasteiger partial charge >= 0.3 is 11.9 Å². The molecule has 14 heteroatoms. The summed E-state index contributed by atoms with van der Waals surface area (Å²) >= 11 is 0. The normalized spacial score (nSPS) is 35.1. The van der Waals surface area contributed by atoms with E-state index in [0.717, 1.165) is 5.56 Å². The molecule has 3 saturated heterocycles. The summed E-state index contributed by atoms with van der Waals surface area (Å²) in [7, 11) is 0. The number of rotatable bonds is 12. The topological polar surface area (TPSA) is 186 Å². The van der Waals surface area contributed by atoms with Crippen molar-refractivity contribution in [2.45, 2.75) is 114 Å². The zero-order chi connectivity index (χ0) is 31.3. The molecule has 240 valence electrons. The maximum absolute atomic E-state index is 12.7. The Kier molecular flexibility index (Phi) is 11.3. The molecule has 4 rings (SSSR count). The highest BCUT2D eigenvalue weighted by Crippen LogP contribution is 2.40. The van der Waals surface area contributed by atoms with Crippen LogP contribution in [0.5, 0.6) is 0 Å². The molecule has 3 N–H and O–H groups in total. The Morgan fingerprint density at radius 1 is 0.884 bits per heavy atom. The standard InChI is InChI=1S/C29H40O14/c1-15(31)10-11-20(33)40-26-25-24(42-29(3,4)43-25)19(14-36-16(2)32)39-28(26)41-23-18(12-30)38-27(22(35)21(23)34)37-13-17-8-6-5-7-9-17/h5-9,18-19,21-28,30,34-35H,10-14H2,1-4H3/t18-,19-,21-,22-,23-,24+,25+,26-,27-,28+/m1/s1. The molecule has 0 aromatic heterocycles. The number of benzene rings is 1.